The second-order valence-electron chi connectivity index (χ2n) is 5.63. The first-order valence-corrected chi connectivity index (χ1v) is 7.30. The molecule has 2 heterocycles. The average molecular weight is 282 g/mol. The van der Waals surface area contributed by atoms with E-state index in [-0.39, 0.29) is 11.6 Å². The molecule has 0 bridgehead atoms. The van der Waals surface area contributed by atoms with Crippen LogP contribution < -0.4 is 5.73 Å². The Morgan fingerprint density at radius 2 is 2.16 bits per heavy atom. The number of hydrogen-bond acceptors (Lipinski definition) is 3. The van der Waals surface area contributed by atoms with Gasteiger partial charge in [0.15, 0.2) is 0 Å². The van der Waals surface area contributed by atoms with Crippen molar-refractivity contribution in [2.24, 2.45) is 11.7 Å². The van der Waals surface area contributed by atoms with Crippen LogP contribution in [0.4, 0.5) is 0 Å². The number of nitrogens with two attached hydrogens (primary N) is 1. The van der Waals surface area contributed by atoms with Gasteiger partial charge in [0.25, 0.3) is 0 Å². The third-order valence-electron chi connectivity index (χ3n) is 4.37. The van der Waals surface area contributed by atoms with Crippen LogP contribution in [-0.4, -0.2) is 25.4 Å². The second kappa shape index (κ2) is 5.41. The molecule has 1 aromatic carbocycles. The van der Waals surface area contributed by atoms with Crippen molar-refractivity contribution in [2.45, 2.75) is 30.9 Å². The van der Waals surface area contributed by atoms with Crippen molar-refractivity contribution in [3.63, 3.8) is 0 Å². The van der Waals surface area contributed by atoms with Gasteiger partial charge in [0.05, 0.1) is 12.2 Å². The molecule has 3 nitrogen and oxygen atoms in total. The Morgan fingerprint density at radius 3 is 2.89 bits per heavy atom. The number of rotatable bonds is 2. The Hall–Kier alpha value is -0.610. The van der Waals surface area contributed by atoms with Crippen molar-refractivity contribution in [3.8, 4) is 0 Å². The first-order valence-electron chi connectivity index (χ1n) is 6.92. The van der Waals surface area contributed by atoms with Crippen molar-refractivity contribution in [3.05, 3.63) is 34.9 Å². The summed E-state index contributed by atoms with van der Waals surface area (Å²) in [5.74, 6) is 0.412. The lowest BCUT2D eigenvalue weighted by atomic mass is 9.79. The van der Waals surface area contributed by atoms with Gasteiger partial charge in [-0.1, -0.05) is 29.8 Å². The molecule has 3 atom stereocenters. The zero-order valence-corrected chi connectivity index (χ0v) is 11.7. The third-order valence-corrected chi connectivity index (χ3v) is 4.71. The first-order chi connectivity index (χ1) is 9.20. The smallest absolute Gasteiger partial charge is 0.0940 e. The molecule has 3 unspecified atom stereocenters. The van der Waals surface area contributed by atoms with E-state index in [0.29, 0.717) is 12.5 Å². The van der Waals surface area contributed by atoms with Crippen LogP contribution in [0.15, 0.2) is 24.3 Å². The predicted molar refractivity (Wildman–Crippen MR) is 75.2 cm³/mol. The van der Waals surface area contributed by atoms with Gasteiger partial charge in [-0.05, 0) is 30.4 Å². The summed E-state index contributed by atoms with van der Waals surface area (Å²) in [6.45, 7) is 2.28. The fourth-order valence-corrected chi connectivity index (χ4v) is 3.50. The Kier molecular flexibility index (Phi) is 3.81. The molecule has 104 valence electrons. The highest BCUT2D eigenvalue weighted by Gasteiger charge is 2.42. The molecule has 2 aliphatic heterocycles. The van der Waals surface area contributed by atoms with E-state index in [1.54, 1.807) is 0 Å². The molecule has 2 N–H and O–H groups in total. The number of hydrogen-bond donors (Lipinski definition) is 1. The minimum atomic E-state index is -0.0954. The number of halogens is 1. The van der Waals surface area contributed by atoms with Crippen LogP contribution in [0.25, 0.3) is 0 Å². The van der Waals surface area contributed by atoms with Crippen LogP contribution in [0.2, 0.25) is 5.02 Å². The summed E-state index contributed by atoms with van der Waals surface area (Å²) in [7, 11) is 0. The molecule has 2 aliphatic rings. The van der Waals surface area contributed by atoms with Crippen LogP contribution in [0.3, 0.4) is 0 Å². The summed E-state index contributed by atoms with van der Waals surface area (Å²) in [6.07, 6.45) is 2.95. The monoisotopic (exact) mass is 281 g/mol. The third kappa shape index (κ3) is 2.65. The highest BCUT2D eigenvalue weighted by molar-refractivity contribution is 6.31. The lowest BCUT2D eigenvalue weighted by molar-refractivity contribution is -0.101. The van der Waals surface area contributed by atoms with Gasteiger partial charge in [-0.25, -0.2) is 0 Å². The van der Waals surface area contributed by atoms with Gasteiger partial charge in [0, 0.05) is 30.7 Å². The van der Waals surface area contributed by atoms with Crippen molar-refractivity contribution < 1.29 is 9.47 Å². The zero-order chi connectivity index (χ0) is 13.3. The van der Waals surface area contributed by atoms with E-state index in [1.807, 2.05) is 24.3 Å². The summed E-state index contributed by atoms with van der Waals surface area (Å²) >= 11 is 6.25. The molecule has 2 saturated heterocycles. The Morgan fingerprint density at radius 1 is 1.32 bits per heavy atom. The maximum atomic E-state index is 6.44. The van der Waals surface area contributed by atoms with E-state index in [9.17, 15) is 0 Å². The molecule has 2 fully saturated rings. The molecule has 4 heteroatoms. The maximum absolute atomic E-state index is 6.44. The largest absolute Gasteiger partial charge is 0.378 e. The quantitative estimate of drug-likeness (QED) is 0.906. The molecule has 0 radical (unpaired) electrons. The Balaban J connectivity index is 1.76. The molecule has 0 aromatic heterocycles. The van der Waals surface area contributed by atoms with Gasteiger partial charge in [0.1, 0.15) is 0 Å². The lowest BCUT2D eigenvalue weighted by Gasteiger charge is -2.39. The van der Waals surface area contributed by atoms with Gasteiger partial charge in [0.2, 0.25) is 0 Å². The first kappa shape index (κ1) is 13.4. The van der Waals surface area contributed by atoms with E-state index in [4.69, 9.17) is 26.8 Å². The van der Waals surface area contributed by atoms with Gasteiger partial charge in [-0.3, -0.25) is 0 Å². The van der Waals surface area contributed by atoms with Gasteiger partial charge in [-0.15, -0.1) is 0 Å². The highest BCUT2D eigenvalue weighted by Crippen LogP contribution is 2.41. The summed E-state index contributed by atoms with van der Waals surface area (Å²) in [5, 5.41) is 0.762. The van der Waals surface area contributed by atoms with Gasteiger partial charge < -0.3 is 15.2 Å². The number of benzene rings is 1. The van der Waals surface area contributed by atoms with E-state index in [0.717, 1.165) is 43.1 Å². The fraction of sp³-hybridized carbons (Fsp3) is 0.600. The molecule has 3 rings (SSSR count). The zero-order valence-electron chi connectivity index (χ0n) is 11.0. The van der Waals surface area contributed by atoms with Crippen molar-refractivity contribution in [1.29, 1.82) is 0 Å². The van der Waals surface area contributed by atoms with Crippen molar-refractivity contribution in [1.82, 2.24) is 0 Å². The average Bonchev–Trinajstić information content (AvgIpc) is 2.86. The summed E-state index contributed by atoms with van der Waals surface area (Å²) in [5.41, 5.74) is 7.39. The van der Waals surface area contributed by atoms with Crippen LogP contribution in [0.5, 0.6) is 0 Å². The molecule has 1 spiro atoms. The van der Waals surface area contributed by atoms with E-state index >= 15 is 0 Å². The molecule has 0 amide bonds. The van der Waals surface area contributed by atoms with Gasteiger partial charge >= 0.3 is 0 Å². The lowest BCUT2D eigenvalue weighted by Crippen LogP contribution is -2.43. The van der Waals surface area contributed by atoms with Crippen molar-refractivity contribution >= 4 is 11.6 Å². The van der Waals surface area contributed by atoms with E-state index < -0.39 is 0 Å². The summed E-state index contributed by atoms with van der Waals surface area (Å²) in [4.78, 5) is 0. The molecule has 0 aliphatic carbocycles. The van der Waals surface area contributed by atoms with Crippen LogP contribution in [-0.2, 0) is 9.47 Å². The molecular formula is C15H20ClNO2. The SMILES string of the molecule is NC(c1ccccc1Cl)C1CCOC2(CCOC2)C1. The van der Waals surface area contributed by atoms with Crippen LogP contribution in [0, 0.1) is 5.92 Å². The number of ether oxygens (including phenoxy) is 2. The second-order valence-corrected chi connectivity index (χ2v) is 6.04. The van der Waals surface area contributed by atoms with Crippen LogP contribution in [0.1, 0.15) is 30.9 Å². The molecule has 19 heavy (non-hydrogen) atoms. The van der Waals surface area contributed by atoms with Crippen molar-refractivity contribution in [2.75, 3.05) is 19.8 Å². The predicted octanol–water partition coefficient (Wildman–Crippen LogP) is 2.93. The maximum Gasteiger partial charge on any atom is 0.0940 e. The Labute approximate surface area is 119 Å². The minimum absolute atomic E-state index is 0.0184. The molecule has 0 saturated carbocycles. The molecule has 1 aromatic rings. The Bertz CT molecular complexity index is 446. The standard InChI is InChI=1S/C15H20ClNO2/c16-13-4-2-1-3-12(13)14(17)11-5-7-19-15(9-11)6-8-18-10-15/h1-4,11,14H,5-10,17H2. The van der Waals surface area contributed by atoms with E-state index in [2.05, 4.69) is 0 Å². The summed E-state index contributed by atoms with van der Waals surface area (Å²) < 4.78 is 11.5. The van der Waals surface area contributed by atoms with E-state index in [1.165, 1.54) is 0 Å². The topological polar surface area (TPSA) is 44.5 Å². The normalized spacial score (nSPS) is 32.6. The highest BCUT2D eigenvalue weighted by atomic mass is 35.5. The fourth-order valence-electron chi connectivity index (χ4n) is 3.23. The minimum Gasteiger partial charge on any atom is -0.378 e. The van der Waals surface area contributed by atoms with Crippen LogP contribution >= 0.6 is 11.6 Å². The van der Waals surface area contributed by atoms with Gasteiger partial charge in [-0.2, -0.15) is 0 Å². The molecular weight excluding hydrogens is 262 g/mol. The summed E-state index contributed by atoms with van der Waals surface area (Å²) in [6, 6.07) is 7.85.